The molecular weight excluding hydrogens is 1120 g/mol. The van der Waals surface area contributed by atoms with Gasteiger partial charge in [0.2, 0.25) is 55.1 Å². The topological polar surface area (TPSA) is 242 Å². The van der Waals surface area contributed by atoms with E-state index in [0.29, 0.717) is 11.4 Å². The zero-order chi connectivity index (χ0) is 59.1. The third kappa shape index (κ3) is 8.99. The molecule has 18 nitrogen and oxygen atoms in total. The van der Waals surface area contributed by atoms with Crippen molar-refractivity contribution in [1.82, 2.24) is 0 Å². The summed E-state index contributed by atoms with van der Waals surface area (Å²) >= 11 is 0. The predicted molar refractivity (Wildman–Crippen MR) is 313 cm³/mol. The molecule has 2 N–H and O–H groups in total. The molecule has 2 atom stereocenters. The van der Waals surface area contributed by atoms with Crippen LogP contribution in [0.5, 0.6) is 0 Å². The molecule has 4 fully saturated rings. The smallest absolute Gasteiger partial charge is 0.256 e. The fraction of sp³-hybridized carbons (Fsp3) is 0.138. The van der Waals surface area contributed by atoms with Crippen LogP contribution in [0.25, 0.3) is 11.1 Å². The highest BCUT2D eigenvalue weighted by molar-refractivity contribution is 7.91. The Kier molecular flexibility index (Phi) is 13.1. The van der Waals surface area contributed by atoms with E-state index in [0.717, 1.165) is 53.0 Å². The molecule has 2 unspecified atom stereocenters. The maximum atomic E-state index is 14.0. The van der Waals surface area contributed by atoms with Gasteiger partial charge >= 0.3 is 0 Å². The monoisotopic (exact) mass is 1170 g/mol. The third-order valence-electron chi connectivity index (χ3n) is 16.3. The second-order valence-corrected chi connectivity index (χ2v) is 25.1. The van der Waals surface area contributed by atoms with Crippen molar-refractivity contribution in [2.45, 2.75) is 75.6 Å². The number of hydrogen-bond donors (Lipinski definition) is 2. The number of nitrogens with one attached hydrogen (secondary N) is 2. The minimum absolute atomic E-state index is 0.0692. The number of hydrogen-bond acceptors (Lipinski definition) is 14. The molecule has 8 amide bonds. The largest absolute Gasteiger partial charge is 0.373 e. The van der Waals surface area contributed by atoms with Crippen molar-refractivity contribution >= 4 is 101 Å². The molecule has 85 heavy (non-hydrogen) atoms. The number of sulfone groups is 2. The van der Waals surface area contributed by atoms with E-state index in [1.807, 2.05) is 72.8 Å². The minimum atomic E-state index is -4.06. The molecule has 0 spiro atoms. The lowest BCUT2D eigenvalue weighted by atomic mass is 9.67. The fourth-order valence-corrected chi connectivity index (χ4v) is 14.7. The maximum absolute atomic E-state index is 14.0. The van der Waals surface area contributed by atoms with E-state index in [9.17, 15) is 55.2 Å². The molecule has 4 heterocycles. The average Bonchev–Trinajstić information content (AvgIpc) is 1.78. The van der Waals surface area contributed by atoms with Crippen LogP contribution in [0.15, 0.2) is 214 Å². The van der Waals surface area contributed by atoms with Gasteiger partial charge in [-0.15, -0.1) is 0 Å². The lowest BCUT2D eigenvalue weighted by Crippen LogP contribution is -2.35. The van der Waals surface area contributed by atoms with Crippen molar-refractivity contribution in [1.29, 1.82) is 0 Å². The van der Waals surface area contributed by atoms with E-state index in [2.05, 4.69) is 34.9 Å². The van der Waals surface area contributed by atoms with Gasteiger partial charge in [0.05, 0.1) is 60.6 Å². The molecule has 1 aliphatic carbocycles. The van der Waals surface area contributed by atoms with Crippen molar-refractivity contribution in [3.63, 3.8) is 0 Å². The van der Waals surface area contributed by atoms with Gasteiger partial charge in [-0.05, 0) is 155 Å². The molecule has 13 rings (SSSR count). The number of anilines is 6. The Hall–Kier alpha value is -10.2. The number of rotatable bonds is 14. The van der Waals surface area contributed by atoms with E-state index in [1.54, 1.807) is 0 Å². The Morgan fingerprint density at radius 3 is 0.918 bits per heavy atom. The molecule has 422 valence electrons. The summed E-state index contributed by atoms with van der Waals surface area (Å²) in [7, 11) is -8.12. The molecule has 20 heteroatoms. The standard InChI is InChI=1S/C65H48N6O12S2/c72-57-33-34-58(73)68(57)43-17-25-47(26-18-43)84(80,81)49-29-21-45(22-30-49)70-61(76)37-55(63(70)78)66-41-13-9-39(10-14-41)65(53-7-3-1-5-51(53)52-6-2-4-8-54(52)65)40-11-15-42(16-12-40)67-56-38-62(77)71(64(56)79)46-23-31-50(32-24-46)85(82,83)48-27-19-44(20-28-48)69-59(74)35-36-60(69)75/h1-32,55-56,66-67H,33-38H2. The summed E-state index contributed by atoms with van der Waals surface area (Å²) in [5, 5.41) is 6.49. The Morgan fingerprint density at radius 1 is 0.329 bits per heavy atom. The first-order chi connectivity index (χ1) is 40.9. The molecule has 5 aliphatic rings. The van der Waals surface area contributed by atoms with Gasteiger partial charge in [0.25, 0.3) is 11.8 Å². The lowest BCUT2D eigenvalue weighted by molar-refractivity contribution is -0.123. The van der Waals surface area contributed by atoms with E-state index in [1.165, 1.54) is 97.1 Å². The summed E-state index contributed by atoms with van der Waals surface area (Å²) in [4.78, 5) is 108. The fourth-order valence-electron chi connectivity index (χ4n) is 12.2. The van der Waals surface area contributed by atoms with Crippen LogP contribution >= 0.6 is 0 Å². The second-order valence-electron chi connectivity index (χ2n) is 21.2. The van der Waals surface area contributed by atoms with Crippen molar-refractivity contribution in [2.75, 3.05) is 30.2 Å². The first-order valence-corrected chi connectivity index (χ1v) is 30.2. The van der Waals surface area contributed by atoms with E-state index in [-0.39, 0.29) is 104 Å². The number of fused-ring (bicyclic) bond motifs is 3. The predicted octanol–water partition coefficient (Wildman–Crippen LogP) is 8.51. The Labute approximate surface area is 487 Å². The summed E-state index contributed by atoms with van der Waals surface area (Å²) < 4.78 is 54.5. The third-order valence-corrected chi connectivity index (χ3v) is 19.9. The van der Waals surface area contributed by atoms with Crippen LogP contribution in [-0.2, 0) is 63.4 Å². The van der Waals surface area contributed by atoms with Crippen molar-refractivity contribution in [3.8, 4) is 11.1 Å². The normalized spacial score (nSPS) is 18.4. The number of carbonyl (C=O) groups excluding carboxylic acids is 8. The molecule has 4 saturated heterocycles. The highest BCUT2D eigenvalue weighted by Gasteiger charge is 2.47. The zero-order valence-electron chi connectivity index (χ0n) is 44.9. The Morgan fingerprint density at radius 2 is 0.612 bits per heavy atom. The van der Waals surface area contributed by atoms with Gasteiger partial charge in [-0.2, -0.15) is 0 Å². The molecular formula is C65H48N6O12S2. The quantitative estimate of drug-likeness (QED) is 0.0971. The SMILES string of the molecule is O=C1CCC(=O)N1c1ccc(S(=O)(=O)c2ccc(N3C(=O)CC(Nc4ccc(C5(c6ccc(NC7CC(=O)N(c8ccc(S(=O)(=O)c9ccc(N%10C(=O)CCC%10=O)cc9)cc8)C7=O)cc6)c6ccccc6-c6ccccc65)cc4)C3=O)cc2)cc1. The van der Waals surface area contributed by atoms with Gasteiger partial charge in [0, 0.05) is 37.1 Å². The van der Waals surface area contributed by atoms with Gasteiger partial charge in [-0.1, -0.05) is 72.8 Å². The highest BCUT2D eigenvalue weighted by atomic mass is 32.2. The van der Waals surface area contributed by atoms with Gasteiger partial charge in [-0.3, -0.25) is 48.2 Å². The molecule has 0 saturated carbocycles. The first-order valence-electron chi connectivity index (χ1n) is 27.2. The molecule has 4 aliphatic heterocycles. The van der Waals surface area contributed by atoms with Crippen molar-refractivity contribution in [3.05, 3.63) is 216 Å². The van der Waals surface area contributed by atoms with Crippen LogP contribution in [0.3, 0.4) is 0 Å². The number of nitrogens with zero attached hydrogens (tertiary/aromatic N) is 4. The maximum Gasteiger partial charge on any atom is 0.256 e. The highest BCUT2D eigenvalue weighted by Crippen LogP contribution is 2.56. The van der Waals surface area contributed by atoms with Crippen LogP contribution in [0.4, 0.5) is 34.1 Å². The summed E-state index contributed by atoms with van der Waals surface area (Å²) in [5.74, 6) is -3.43. The zero-order valence-corrected chi connectivity index (χ0v) is 46.5. The number of amides is 8. The van der Waals surface area contributed by atoms with Gasteiger partial charge < -0.3 is 10.6 Å². The number of carbonyl (C=O) groups is 8. The van der Waals surface area contributed by atoms with Crippen LogP contribution in [-0.4, -0.2) is 76.2 Å². The minimum Gasteiger partial charge on any atom is -0.373 e. The Balaban J connectivity index is 0.707. The van der Waals surface area contributed by atoms with Crippen LogP contribution in [0, 0.1) is 0 Å². The lowest BCUT2D eigenvalue weighted by Gasteiger charge is -2.34. The molecule has 8 aromatic rings. The Bertz CT molecular complexity index is 4090. The number of benzene rings is 8. The summed E-state index contributed by atoms with van der Waals surface area (Å²) in [6.07, 6.45) is 0.0380. The van der Waals surface area contributed by atoms with Crippen LogP contribution in [0.1, 0.15) is 60.8 Å². The van der Waals surface area contributed by atoms with Crippen LogP contribution < -0.4 is 30.2 Å². The summed E-state index contributed by atoms with van der Waals surface area (Å²) in [6, 6.07) is 51.5. The van der Waals surface area contributed by atoms with Crippen LogP contribution in [0.2, 0.25) is 0 Å². The van der Waals surface area contributed by atoms with Gasteiger partial charge in [0.1, 0.15) is 12.1 Å². The summed E-state index contributed by atoms with van der Waals surface area (Å²) in [5.41, 5.74) is 7.14. The van der Waals surface area contributed by atoms with Crippen molar-refractivity contribution in [2.24, 2.45) is 0 Å². The summed E-state index contributed by atoms with van der Waals surface area (Å²) in [6.45, 7) is 0. The molecule has 0 bridgehead atoms. The van der Waals surface area contributed by atoms with E-state index in [4.69, 9.17) is 0 Å². The first kappa shape index (κ1) is 54.1. The second kappa shape index (κ2) is 20.6. The van der Waals surface area contributed by atoms with Gasteiger partial charge in [-0.25, -0.2) is 26.6 Å². The van der Waals surface area contributed by atoms with Gasteiger partial charge in [0.15, 0.2) is 0 Å². The van der Waals surface area contributed by atoms with E-state index >= 15 is 0 Å². The molecule has 8 aromatic carbocycles. The van der Waals surface area contributed by atoms with Crippen molar-refractivity contribution < 1.29 is 55.2 Å². The molecule has 0 aromatic heterocycles. The number of imide groups is 4. The molecule has 0 radical (unpaired) electrons. The van der Waals surface area contributed by atoms with E-state index < -0.39 is 60.8 Å². The average molecular weight is 1170 g/mol.